The number of carbonyl (C=O) groups is 1. The predicted molar refractivity (Wildman–Crippen MR) is 94.0 cm³/mol. The summed E-state index contributed by atoms with van der Waals surface area (Å²) in [6.07, 6.45) is 0.414. The van der Waals surface area contributed by atoms with E-state index < -0.39 is 0 Å². The van der Waals surface area contributed by atoms with Crippen molar-refractivity contribution in [2.45, 2.75) is 32.7 Å². The molecule has 122 valence electrons. The first kappa shape index (κ1) is 16.9. The highest BCUT2D eigenvalue weighted by Crippen LogP contribution is 2.28. The summed E-state index contributed by atoms with van der Waals surface area (Å²) in [6.45, 7) is 6.47. The van der Waals surface area contributed by atoms with E-state index >= 15 is 0 Å². The largest absolute Gasteiger partial charge is 0.455 e. The summed E-state index contributed by atoms with van der Waals surface area (Å²) >= 11 is 0. The van der Waals surface area contributed by atoms with Gasteiger partial charge in [0.2, 0.25) is 5.91 Å². The maximum Gasteiger partial charge on any atom is 0.222 e. The summed E-state index contributed by atoms with van der Waals surface area (Å²) in [7, 11) is 0. The summed E-state index contributed by atoms with van der Waals surface area (Å²) in [6, 6.07) is 17.4. The number of nitrogens with one attached hydrogen (secondary N) is 2. The fourth-order valence-corrected chi connectivity index (χ4v) is 2.11. The van der Waals surface area contributed by atoms with Crippen LogP contribution in [-0.4, -0.2) is 18.0 Å². The minimum Gasteiger partial charge on any atom is -0.455 e. The third-order valence-corrected chi connectivity index (χ3v) is 3.04. The van der Waals surface area contributed by atoms with Crippen molar-refractivity contribution in [2.24, 2.45) is 0 Å². The van der Waals surface area contributed by atoms with E-state index in [2.05, 4.69) is 10.6 Å². The lowest BCUT2D eigenvalue weighted by Crippen LogP contribution is -2.41. The van der Waals surface area contributed by atoms with Gasteiger partial charge in [0.25, 0.3) is 0 Å². The van der Waals surface area contributed by atoms with Crippen molar-refractivity contribution in [3.8, 4) is 11.5 Å². The molecule has 0 heterocycles. The molecule has 0 aliphatic rings. The molecule has 0 unspecified atom stereocenters. The van der Waals surface area contributed by atoms with Gasteiger partial charge >= 0.3 is 0 Å². The summed E-state index contributed by atoms with van der Waals surface area (Å²) in [5, 5.41) is 6.21. The quantitative estimate of drug-likeness (QED) is 0.840. The fraction of sp³-hybridized carbons (Fsp3) is 0.316. The van der Waals surface area contributed by atoms with Crippen molar-refractivity contribution in [1.29, 1.82) is 0 Å². The van der Waals surface area contributed by atoms with Gasteiger partial charge in [0, 0.05) is 18.5 Å². The average molecular weight is 312 g/mol. The molecule has 1 amide bonds. The van der Waals surface area contributed by atoms with E-state index in [1.807, 2.05) is 75.4 Å². The van der Waals surface area contributed by atoms with Gasteiger partial charge in [0.15, 0.2) is 5.75 Å². The van der Waals surface area contributed by atoms with Gasteiger partial charge in [-0.1, -0.05) is 30.3 Å². The van der Waals surface area contributed by atoms with Crippen molar-refractivity contribution in [3.05, 3.63) is 54.6 Å². The van der Waals surface area contributed by atoms with Crippen molar-refractivity contribution >= 4 is 11.6 Å². The van der Waals surface area contributed by atoms with Crippen LogP contribution in [0.5, 0.6) is 11.5 Å². The molecule has 2 aromatic rings. The molecule has 0 radical (unpaired) electrons. The molecule has 0 bridgehead atoms. The maximum absolute atomic E-state index is 11.8. The number of para-hydroxylation sites is 3. The lowest BCUT2D eigenvalue weighted by molar-refractivity contribution is -0.122. The van der Waals surface area contributed by atoms with Crippen LogP contribution in [0.25, 0.3) is 0 Å². The zero-order valence-corrected chi connectivity index (χ0v) is 13.9. The molecule has 0 fully saturated rings. The average Bonchev–Trinajstić information content (AvgIpc) is 2.48. The Bertz CT molecular complexity index is 633. The van der Waals surface area contributed by atoms with Crippen LogP contribution < -0.4 is 15.4 Å². The molecule has 0 aromatic heterocycles. The topological polar surface area (TPSA) is 50.4 Å². The first-order valence-corrected chi connectivity index (χ1v) is 7.81. The highest BCUT2D eigenvalue weighted by atomic mass is 16.5. The molecule has 4 heteroatoms. The number of hydrogen-bond acceptors (Lipinski definition) is 3. The third-order valence-electron chi connectivity index (χ3n) is 3.04. The van der Waals surface area contributed by atoms with Crippen LogP contribution in [0.4, 0.5) is 5.69 Å². The van der Waals surface area contributed by atoms with Crippen LogP contribution in [-0.2, 0) is 4.79 Å². The molecule has 0 aliphatic carbocycles. The first-order chi connectivity index (χ1) is 10.9. The van der Waals surface area contributed by atoms with E-state index in [9.17, 15) is 4.79 Å². The van der Waals surface area contributed by atoms with E-state index in [1.54, 1.807) is 0 Å². The number of carbonyl (C=O) groups excluding carboxylic acids is 1. The van der Waals surface area contributed by atoms with Gasteiger partial charge in [-0.25, -0.2) is 0 Å². The highest BCUT2D eigenvalue weighted by Gasteiger charge is 2.13. The van der Waals surface area contributed by atoms with Gasteiger partial charge in [0.05, 0.1) is 5.69 Å². The summed E-state index contributed by atoms with van der Waals surface area (Å²) in [4.78, 5) is 11.8. The van der Waals surface area contributed by atoms with Crippen LogP contribution >= 0.6 is 0 Å². The van der Waals surface area contributed by atoms with E-state index in [4.69, 9.17) is 4.74 Å². The zero-order chi connectivity index (χ0) is 16.7. The molecular weight excluding hydrogens is 288 g/mol. The Morgan fingerprint density at radius 1 is 1.00 bits per heavy atom. The summed E-state index contributed by atoms with van der Waals surface area (Å²) in [5.74, 6) is 1.56. The number of ether oxygens (including phenoxy) is 1. The molecule has 0 saturated heterocycles. The molecule has 2 N–H and O–H groups in total. The molecule has 2 rings (SSSR count). The minimum atomic E-state index is -0.203. The predicted octanol–water partition coefficient (Wildman–Crippen LogP) is 4.20. The minimum absolute atomic E-state index is 0.0338. The lowest BCUT2D eigenvalue weighted by atomic mass is 10.1. The molecule has 0 aliphatic heterocycles. The summed E-state index contributed by atoms with van der Waals surface area (Å²) in [5.41, 5.74) is 0.672. The van der Waals surface area contributed by atoms with Crippen LogP contribution in [0.2, 0.25) is 0 Å². The van der Waals surface area contributed by atoms with E-state index in [0.717, 1.165) is 17.2 Å². The van der Waals surface area contributed by atoms with Crippen LogP contribution in [0.15, 0.2) is 54.6 Å². The second-order valence-electron chi connectivity index (χ2n) is 6.39. The van der Waals surface area contributed by atoms with Gasteiger partial charge in [0.1, 0.15) is 5.75 Å². The number of hydrogen-bond donors (Lipinski definition) is 2. The standard InChI is InChI=1S/C19H24N2O2/c1-19(2,3)21-18(22)13-14-20-16-11-7-8-12-17(16)23-15-9-5-4-6-10-15/h4-12,20H,13-14H2,1-3H3,(H,21,22). The van der Waals surface area contributed by atoms with Gasteiger partial charge in [-0.3, -0.25) is 4.79 Å². The Balaban J connectivity index is 1.92. The normalized spacial score (nSPS) is 10.9. The second-order valence-corrected chi connectivity index (χ2v) is 6.39. The van der Waals surface area contributed by atoms with Crippen molar-refractivity contribution in [2.75, 3.05) is 11.9 Å². The van der Waals surface area contributed by atoms with Crippen molar-refractivity contribution in [3.63, 3.8) is 0 Å². The second kappa shape index (κ2) is 7.68. The Morgan fingerprint density at radius 2 is 1.65 bits per heavy atom. The van der Waals surface area contributed by atoms with Gasteiger partial charge in [-0.15, -0.1) is 0 Å². The Kier molecular flexibility index (Phi) is 5.63. The number of anilines is 1. The SMILES string of the molecule is CC(C)(C)NC(=O)CCNc1ccccc1Oc1ccccc1. The van der Waals surface area contributed by atoms with E-state index in [0.29, 0.717) is 13.0 Å². The Morgan fingerprint density at radius 3 is 2.35 bits per heavy atom. The molecule has 0 spiro atoms. The number of rotatable bonds is 6. The number of amides is 1. The smallest absolute Gasteiger partial charge is 0.222 e. The van der Waals surface area contributed by atoms with Crippen LogP contribution in [0.3, 0.4) is 0 Å². The van der Waals surface area contributed by atoms with Gasteiger partial charge in [-0.2, -0.15) is 0 Å². The molecule has 4 nitrogen and oxygen atoms in total. The first-order valence-electron chi connectivity index (χ1n) is 7.81. The third kappa shape index (κ3) is 6.02. The zero-order valence-electron chi connectivity index (χ0n) is 13.9. The molecule has 2 aromatic carbocycles. The highest BCUT2D eigenvalue weighted by molar-refractivity contribution is 5.77. The lowest BCUT2D eigenvalue weighted by Gasteiger charge is -2.20. The van der Waals surface area contributed by atoms with Crippen molar-refractivity contribution in [1.82, 2.24) is 5.32 Å². The molecule has 0 atom stereocenters. The monoisotopic (exact) mass is 312 g/mol. The van der Waals surface area contributed by atoms with E-state index in [-0.39, 0.29) is 11.4 Å². The van der Waals surface area contributed by atoms with Gasteiger partial charge < -0.3 is 15.4 Å². The molecular formula is C19H24N2O2. The van der Waals surface area contributed by atoms with Crippen LogP contribution in [0.1, 0.15) is 27.2 Å². The van der Waals surface area contributed by atoms with E-state index in [1.165, 1.54) is 0 Å². The summed E-state index contributed by atoms with van der Waals surface area (Å²) < 4.78 is 5.88. The maximum atomic E-state index is 11.8. The Hall–Kier alpha value is -2.49. The number of benzene rings is 2. The van der Waals surface area contributed by atoms with Crippen LogP contribution in [0, 0.1) is 0 Å². The van der Waals surface area contributed by atoms with Crippen molar-refractivity contribution < 1.29 is 9.53 Å². The molecule has 23 heavy (non-hydrogen) atoms. The van der Waals surface area contributed by atoms with Gasteiger partial charge in [-0.05, 0) is 45.0 Å². The molecule has 0 saturated carbocycles. The fourth-order valence-electron chi connectivity index (χ4n) is 2.11. The Labute approximate surface area is 137 Å².